The fourth-order valence-corrected chi connectivity index (χ4v) is 2.55. The van der Waals surface area contributed by atoms with Gasteiger partial charge in [0.2, 0.25) is 5.82 Å². The first kappa shape index (κ1) is 14.3. The molecule has 0 bridgehead atoms. The lowest BCUT2D eigenvalue weighted by atomic mass is 10.2. The van der Waals surface area contributed by atoms with E-state index in [1.807, 2.05) is 24.3 Å². The van der Waals surface area contributed by atoms with Crippen LogP contribution >= 0.6 is 34.8 Å². The van der Waals surface area contributed by atoms with Gasteiger partial charge in [-0.1, -0.05) is 53.0 Å². The molecule has 3 aromatic rings. The number of nitrogens with zero attached hydrogens (tertiary/aromatic N) is 4. The lowest BCUT2D eigenvalue weighted by Gasteiger charge is -2.03. The maximum Gasteiger partial charge on any atom is 0.206 e. The largest absolute Gasteiger partial charge is 0.206 e. The first-order chi connectivity index (χ1) is 10.1. The van der Waals surface area contributed by atoms with Crippen LogP contribution in [0.25, 0.3) is 11.4 Å². The average Bonchev–Trinajstić information content (AvgIpc) is 2.91. The van der Waals surface area contributed by atoms with Gasteiger partial charge >= 0.3 is 0 Å². The van der Waals surface area contributed by atoms with Crippen molar-refractivity contribution >= 4 is 34.8 Å². The minimum absolute atomic E-state index is 0.410. The highest BCUT2D eigenvalue weighted by molar-refractivity contribution is 6.35. The van der Waals surface area contributed by atoms with Crippen LogP contribution in [0.3, 0.4) is 0 Å². The van der Waals surface area contributed by atoms with Gasteiger partial charge in [-0.05, 0) is 35.0 Å². The topological polar surface area (TPSA) is 43.6 Å². The molecule has 0 aliphatic carbocycles. The summed E-state index contributed by atoms with van der Waals surface area (Å²) in [6.07, 6.45) is 0. The van der Waals surface area contributed by atoms with Gasteiger partial charge in [-0.25, -0.2) is 0 Å². The van der Waals surface area contributed by atoms with Crippen molar-refractivity contribution in [1.82, 2.24) is 20.2 Å². The molecule has 2 aromatic carbocycles. The van der Waals surface area contributed by atoms with E-state index in [0.717, 1.165) is 11.1 Å². The Hall–Kier alpha value is -1.62. The van der Waals surface area contributed by atoms with Crippen molar-refractivity contribution < 1.29 is 0 Å². The Kier molecular flexibility index (Phi) is 4.10. The molecular formula is C14H9Cl3N4. The molecular weight excluding hydrogens is 331 g/mol. The SMILES string of the molecule is Clc1ccc(Cn2nnc(-c3ccccc3Cl)n2)c(Cl)c1. The number of hydrogen-bond donors (Lipinski definition) is 0. The number of hydrogen-bond acceptors (Lipinski definition) is 3. The number of benzene rings is 2. The number of halogens is 3. The summed E-state index contributed by atoms with van der Waals surface area (Å²) in [5, 5.41) is 14.1. The summed E-state index contributed by atoms with van der Waals surface area (Å²) in [5.41, 5.74) is 1.61. The van der Waals surface area contributed by atoms with Crippen LogP contribution in [-0.4, -0.2) is 20.2 Å². The average molecular weight is 340 g/mol. The van der Waals surface area contributed by atoms with Crippen molar-refractivity contribution in [2.75, 3.05) is 0 Å². The van der Waals surface area contributed by atoms with E-state index in [4.69, 9.17) is 34.8 Å². The molecule has 0 aliphatic heterocycles. The minimum Gasteiger partial charge on any atom is -0.159 e. The van der Waals surface area contributed by atoms with Gasteiger partial charge < -0.3 is 0 Å². The molecule has 0 spiro atoms. The molecule has 0 N–H and O–H groups in total. The highest BCUT2D eigenvalue weighted by Gasteiger charge is 2.10. The number of aromatic nitrogens is 4. The van der Waals surface area contributed by atoms with Crippen molar-refractivity contribution in [3.8, 4) is 11.4 Å². The first-order valence-electron chi connectivity index (χ1n) is 6.10. The Morgan fingerprint density at radius 3 is 2.52 bits per heavy atom. The molecule has 1 aromatic heterocycles. The second kappa shape index (κ2) is 6.02. The Morgan fingerprint density at radius 2 is 1.76 bits per heavy atom. The van der Waals surface area contributed by atoms with E-state index in [1.165, 1.54) is 4.80 Å². The van der Waals surface area contributed by atoms with Gasteiger partial charge in [0.25, 0.3) is 0 Å². The normalized spacial score (nSPS) is 10.8. The maximum absolute atomic E-state index is 6.13. The second-order valence-corrected chi connectivity index (χ2v) is 5.61. The van der Waals surface area contributed by atoms with Crippen LogP contribution in [0.1, 0.15) is 5.56 Å². The molecule has 0 saturated carbocycles. The van der Waals surface area contributed by atoms with Crippen LogP contribution in [0.2, 0.25) is 15.1 Å². The fraction of sp³-hybridized carbons (Fsp3) is 0.0714. The Morgan fingerprint density at radius 1 is 0.952 bits per heavy atom. The second-order valence-electron chi connectivity index (χ2n) is 4.36. The third-order valence-corrected chi connectivity index (χ3v) is 3.81. The Bertz CT molecular complexity index is 785. The summed E-state index contributed by atoms with van der Waals surface area (Å²) in [5.74, 6) is 0.477. The lowest BCUT2D eigenvalue weighted by Crippen LogP contribution is -2.04. The minimum atomic E-state index is 0.410. The van der Waals surface area contributed by atoms with E-state index in [0.29, 0.717) is 27.4 Å². The van der Waals surface area contributed by atoms with E-state index in [9.17, 15) is 0 Å². The van der Waals surface area contributed by atoms with Gasteiger partial charge in [-0.15, -0.1) is 10.2 Å². The van der Waals surface area contributed by atoms with Gasteiger partial charge in [-0.2, -0.15) is 4.80 Å². The third-order valence-electron chi connectivity index (χ3n) is 2.89. The van der Waals surface area contributed by atoms with Crippen LogP contribution in [0.4, 0.5) is 0 Å². The molecule has 0 fully saturated rings. The standard InChI is InChI=1S/C14H9Cl3N4/c15-10-6-5-9(13(17)7-10)8-21-19-14(18-20-21)11-3-1-2-4-12(11)16/h1-7H,8H2. The smallest absolute Gasteiger partial charge is 0.159 e. The van der Waals surface area contributed by atoms with Crippen molar-refractivity contribution in [3.63, 3.8) is 0 Å². The van der Waals surface area contributed by atoms with Crippen molar-refractivity contribution in [2.24, 2.45) is 0 Å². The molecule has 3 rings (SSSR count). The van der Waals surface area contributed by atoms with Gasteiger partial charge in [0.05, 0.1) is 11.6 Å². The van der Waals surface area contributed by atoms with E-state index in [-0.39, 0.29) is 0 Å². The third kappa shape index (κ3) is 3.18. The number of tetrazole rings is 1. The zero-order valence-corrected chi connectivity index (χ0v) is 12.9. The quantitative estimate of drug-likeness (QED) is 0.712. The van der Waals surface area contributed by atoms with Crippen LogP contribution in [0.5, 0.6) is 0 Å². The summed E-state index contributed by atoms with van der Waals surface area (Å²) >= 11 is 18.1. The summed E-state index contributed by atoms with van der Waals surface area (Å²) in [6, 6.07) is 12.6. The van der Waals surface area contributed by atoms with Crippen LogP contribution in [0.15, 0.2) is 42.5 Å². The predicted octanol–water partition coefficient (Wildman–Crippen LogP) is 4.35. The summed E-state index contributed by atoms with van der Waals surface area (Å²) in [7, 11) is 0. The molecule has 106 valence electrons. The Labute approximate surface area is 136 Å². The Balaban J connectivity index is 1.87. The molecule has 0 unspecified atom stereocenters. The molecule has 0 saturated heterocycles. The van der Waals surface area contributed by atoms with Crippen LogP contribution in [-0.2, 0) is 6.54 Å². The first-order valence-corrected chi connectivity index (χ1v) is 7.23. The summed E-state index contributed by atoms with van der Waals surface area (Å²) < 4.78 is 0. The number of rotatable bonds is 3. The van der Waals surface area contributed by atoms with Crippen molar-refractivity contribution in [1.29, 1.82) is 0 Å². The summed E-state index contributed by atoms with van der Waals surface area (Å²) in [6.45, 7) is 0.410. The predicted molar refractivity (Wildman–Crippen MR) is 83.8 cm³/mol. The molecule has 0 radical (unpaired) electrons. The molecule has 7 heteroatoms. The van der Waals surface area contributed by atoms with Gasteiger partial charge in [-0.3, -0.25) is 0 Å². The zero-order chi connectivity index (χ0) is 14.8. The molecule has 1 heterocycles. The maximum atomic E-state index is 6.13. The monoisotopic (exact) mass is 338 g/mol. The van der Waals surface area contributed by atoms with Crippen molar-refractivity contribution in [2.45, 2.75) is 6.54 Å². The highest BCUT2D eigenvalue weighted by Crippen LogP contribution is 2.24. The van der Waals surface area contributed by atoms with Gasteiger partial charge in [0, 0.05) is 15.6 Å². The van der Waals surface area contributed by atoms with E-state index in [2.05, 4.69) is 15.4 Å². The van der Waals surface area contributed by atoms with E-state index in [1.54, 1.807) is 18.2 Å². The van der Waals surface area contributed by atoms with Gasteiger partial charge in [0.15, 0.2) is 0 Å². The van der Waals surface area contributed by atoms with Gasteiger partial charge in [0.1, 0.15) is 0 Å². The molecule has 4 nitrogen and oxygen atoms in total. The van der Waals surface area contributed by atoms with Crippen LogP contribution in [0, 0.1) is 0 Å². The molecule has 0 atom stereocenters. The lowest BCUT2D eigenvalue weighted by molar-refractivity contribution is 0.573. The highest BCUT2D eigenvalue weighted by atomic mass is 35.5. The fourth-order valence-electron chi connectivity index (χ4n) is 1.86. The zero-order valence-electron chi connectivity index (χ0n) is 10.7. The van der Waals surface area contributed by atoms with Crippen LogP contribution < -0.4 is 0 Å². The summed E-state index contributed by atoms with van der Waals surface area (Å²) in [4.78, 5) is 1.47. The molecule has 0 amide bonds. The van der Waals surface area contributed by atoms with E-state index >= 15 is 0 Å². The van der Waals surface area contributed by atoms with E-state index < -0.39 is 0 Å². The molecule has 21 heavy (non-hydrogen) atoms. The van der Waals surface area contributed by atoms with Crippen molar-refractivity contribution in [3.05, 3.63) is 63.1 Å². The molecule has 0 aliphatic rings.